The molecule has 8 aromatic rings. The average Bonchev–Trinajstić information content (AvgIpc) is 0.769. The fourth-order valence-corrected chi connectivity index (χ4v) is 27.6. The summed E-state index contributed by atoms with van der Waals surface area (Å²) in [7, 11) is -13.9. The molecule has 0 aliphatic carbocycles. The summed E-state index contributed by atoms with van der Waals surface area (Å²) in [6.07, 6.45) is 7.32. The van der Waals surface area contributed by atoms with Gasteiger partial charge in [-0.05, 0) is 133 Å². The lowest BCUT2D eigenvalue weighted by Crippen LogP contribution is -2.64. The highest BCUT2D eigenvalue weighted by Crippen LogP contribution is 2.51. The minimum atomic E-state index is -3.53. The molecule has 5 atom stereocenters. The number of benzene rings is 8. The highest BCUT2D eigenvalue weighted by atomic mass is 28.4. The van der Waals surface area contributed by atoms with Crippen molar-refractivity contribution in [3.05, 3.63) is 281 Å². The molecule has 1 saturated heterocycles. The molecule has 0 spiro atoms. The van der Waals surface area contributed by atoms with Crippen LogP contribution in [0.5, 0.6) is 0 Å². The van der Waals surface area contributed by atoms with Crippen LogP contribution in [0.2, 0.25) is 0 Å². The summed E-state index contributed by atoms with van der Waals surface area (Å²) in [6.45, 7) is 23.0. The number of carbonyl (C=O) groups is 4. The summed E-state index contributed by atoms with van der Waals surface area (Å²) in [4.78, 5) is 63.4. The quantitative estimate of drug-likeness (QED) is 0.0116. The zero-order chi connectivity index (χ0) is 78.2. The summed E-state index contributed by atoms with van der Waals surface area (Å²) in [5, 5.41) is 6.95. The second-order valence-electron chi connectivity index (χ2n) is 29.2. The van der Waals surface area contributed by atoms with Crippen LogP contribution in [0.15, 0.2) is 281 Å². The molecule has 1 fully saturated rings. The standard InChI is InChI=1S/C90H110O16Si4/c1-10-14-58-99-107(75-41-25-17-26-42-75,76-43-27-18-28-44-76)103-66-62-95-83(91)87(6,13-4)71-89(8,85(93)97-64-68-104-108(100-59-15-11-2,77-45-29-19-30-46-77)78-47-31-20-32-48-78)73-90(9,86(94)98-65-69-105-109(101-60-16-12-3,79-49-33-21-34-50-79)80-51-35-22-36-52-80)72-88(7)70-74(5)57-61-102-110(81-53-37-23-38-54-81,82-55-39-24-40-56-82)106-67-63-96-84(88)92/h10-12,17-56,74H,1-3,13-16,57-73H2,4-9H3. The highest BCUT2D eigenvalue weighted by Gasteiger charge is 2.56. The molecule has 0 N–H and O–H groups in total. The van der Waals surface area contributed by atoms with E-state index in [1.807, 2.05) is 257 Å². The van der Waals surface area contributed by atoms with Gasteiger partial charge in [-0.25, -0.2) is 0 Å². The van der Waals surface area contributed by atoms with Gasteiger partial charge in [0.2, 0.25) is 0 Å². The maximum absolute atomic E-state index is 16.2. The zero-order valence-corrected chi connectivity index (χ0v) is 68.9. The van der Waals surface area contributed by atoms with Gasteiger partial charge in [0.1, 0.15) is 26.4 Å². The molecule has 1 aliphatic rings. The molecule has 0 bridgehead atoms. The van der Waals surface area contributed by atoms with Crippen LogP contribution in [0.4, 0.5) is 0 Å². The Labute approximate surface area is 656 Å². The van der Waals surface area contributed by atoms with Crippen molar-refractivity contribution in [3.8, 4) is 0 Å². The van der Waals surface area contributed by atoms with E-state index in [-0.39, 0.29) is 97.5 Å². The van der Waals surface area contributed by atoms with E-state index in [1.54, 1.807) is 39.0 Å². The van der Waals surface area contributed by atoms with Crippen LogP contribution in [0.3, 0.4) is 0 Å². The highest BCUT2D eigenvalue weighted by molar-refractivity contribution is 6.94. The van der Waals surface area contributed by atoms with Crippen LogP contribution in [0, 0.1) is 27.6 Å². The van der Waals surface area contributed by atoms with Crippen LogP contribution < -0.4 is 41.5 Å². The van der Waals surface area contributed by atoms with E-state index >= 15 is 19.2 Å². The van der Waals surface area contributed by atoms with Gasteiger partial charge in [-0.3, -0.25) is 19.2 Å². The number of carbonyl (C=O) groups excluding carboxylic acids is 4. The van der Waals surface area contributed by atoms with Crippen molar-refractivity contribution in [1.29, 1.82) is 0 Å². The third-order valence-corrected chi connectivity index (χ3v) is 34.0. The van der Waals surface area contributed by atoms with E-state index in [2.05, 4.69) is 26.7 Å². The van der Waals surface area contributed by atoms with Crippen molar-refractivity contribution in [2.75, 3.05) is 79.3 Å². The molecule has 1 aliphatic heterocycles. The van der Waals surface area contributed by atoms with Crippen LogP contribution in [-0.2, 0) is 73.5 Å². The molecule has 110 heavy (non-hydrogen) atoms. The van der Waals surface area contributed by atoms with Crippen molar-refractivity contribution < 1.29 is 73.5 Å². The van der Waals surface area contributed by atoms with Crippen molar-refractivity contribution >= 4 is 99.6 Å². The summed E-state index contributed by atoms with van der Waals surface area (Å²) >= 11 is 0. The molecule has 20 heteroatoms. The Kier molecular flexibility index (Phi) is 32.3. The van der Waals surface area contributed by atoms with Gasteiger partial charge in [-0.2, -0.15) is 0 Å². The fraction of sp³-hybridized carbons (Fsp3) is 0.356. The number of esters is 4. The minimum Gasteiger partial charge on any atom is -0.463 e. The largest absolute Gasteiger partial charge is 0.463 e. The van der Waals surface area contributed by atoms with Crippen molar-refractivity contribution in [3.63, 3.8) is 0 Å². The first kappa shape index (κ1) is 85.4. The third-order valence-electron chi connectivity index (χ3n) is 20.4. The number of hydrogen-bond acceptors (Lipinski definition) is 16. The summed E-state index contributed by atoms with van der Waals surface area (Å²) in [5.74, 6) is -2.83. The van der Waals surface area contributed by atoms with Gasteiger partial charge in [0.25, 0.3) is 0 Å². The Morgan fingerprint density at radius 2 is 0.718 bits per heavy atom. The Bertz CT molecular complexity index is 3980. The maximum Gasteiger partial charge on any atom is 0.407 e. The van der Waals surface area contributed by atoms with Gasteiger partial charge < -0.3 is 54.4 Å². The van der Waals surface area contributed by atoms with E-state index < -0.39 is 79.8 Å². The van der Waals surface area contributed by atoms with Gasteiger partial charge >= 0.3 is 58.1 Å². The first-order valence-corrected chi connectivity index (χ1v) is 45.7. The molecule has 8 aromatic carbocycles. The predicted octanol–water partition coefficient (Wildman–Crippen LogP) is 12.1. The van der Waals surface area contributed by atoms with E-state index in [1.165, 1.54) is 0 Å². The SMILES string of the molecule is C=CCCO[Si](OCCOC(=O)C(C)(CC)CC(C)(CC(C)(CC1(C)CC(C)CCO[Si](c2ccccc2)(c2ccccc2)OCCOC1=O)C(=O)OCCO[Si](OCCC=C)(c1ccccc1)c1ccccc1)C(=O)OCCO[Si](OCCC=C)(c1ccccc1)c1ccccc1)(c1ccccc1)c1ccccc1. The fourth-order valence-electron chi connectivity index (χ4n) is 15.1. The molecule has 582 valence electrons. The Morgan fingerprint density at radius 1 is 0.427 bits per heavy atom. The predicted molar refractivity (Wildman–Crippen MR) is 442 cm³/mol. The molecule has 5 unspecified atom stereocenters. The van der Waals surface area contributed by atoms with E-state index in [0.717, 1.165) is 41.5 Å². The zero-order valence-electron chi connectivity index (χ0n) is 64.9. The first-order valence-electron chi connectivity index (χ1n) is 38.4. The van der Waals surface area contributed by atoms with Gasteiger partial charge in [-0.1, -0.05) is 275 Å². The van der Waals surface area contributed by atoms with Gasteiger partial charge in [0.05, 0.1) is 48.1 Å². The Hall–Kier alpha value is -8.59. The maximum atomic E-state index is 16.2. The second kappa shape index (κ2) is 41.6. The molecule has 0 amide bonds. The lowest BCUT2D eigenvalue weighted by Gasteiger charge is -2.44. The van der Waals surface area contributed by atoms with Crippen molar-refractivity contribution in [2.24, 2.45) is 27.6 Å². The molecule has 0 radical (unpaired) electrons. The van der Waals surface area contributed by atoms with Crippen molar-refractivity contribution in [1.82, 2.24) is 0 Å². The van der Waals surface area contributed by atoms with Crippen LogP contribution in [-0.4, -0.2) is 137 Å². The molecular formula is C90H110O16Si4. The van der Waals surface area contributed by atoms with E-state index in [0.29, 0.717) is 45.5 Å². The number of ether oxygens (including phenoxy) is 4. The molecule has 1 heterocycles. The van der Waals surface area contributed by atoms with Gasteiger partial charge in [-0.15, -0.1) is 19.7 Å². The van der Waals surface area contributed by atoms with Crippen LogP contribution in [0.25, 0.3) is 0 Å². The first-order chi connectivity index (χ1) is 53.3. The molecule has 0 saturated carbocycles. The molecular weight excluding hydrogens is 1450 g/mol. The lowest BCUT2D eigenvalue weighted by atomic mass is 9.60. The number of cyclic esters (lactones) is 1. The summed E-state index contributed by atoms with van der Waals surface area (Å²) in [6, 6.07) is 78.6. The smallest absolute Gasteiger partial charge is 0.407 e. The summed E-state index contributed by atoms with van der Waals surface area (Å²) in [5.41, 5.74) is -6.31. The average molecular weight is 1560 g/mol. The Balaban J connectivity index is 1.08. The van der Waals surface area contributed by atoms with Gasteiger partial charge in [0.15, 0.2) is 0 Å². The number of rotatable bonds is 42. The second-order valence-corrected chi connectivity index (χ2v) is 41.0. The van der Waals surface area contributed by atoms with Crippen LogP contribution in [0.1, 0.15) is 99.3 Å². The molecule has 16 nitrogen and oxygen atoms in total. The van der Waals surface area contributed by atoms with Crippen LogP contribution >= 0.6 is 0 Å². The molecule has 0 aromatic heterocycles. The minimum absolute atomic E-state index is 0.000154. The van der Waals surface area contributed by atoms with Crippen molar-refractivity contribution in [2.45, 2.75) is 99.3 Å². The monoisotopic (exact) mass is 1560 g/mol. The summed E-state index contributed by atoms with van der Waals surface area (Å²) < 4.78 is 81.4. The van der Waals surface area contributed by atoms with E-state index in [9.17, 15) is 0 Å². The third kappa shape index (κ3) is 21.7. The van der Waals surface area contributed by atoms with E-state index in [4.69, 9.17) is 54.4 Å². The lowest BCUT2D eigenvalue weighted by molar-refractivity contribution is -0.174. The normalized spacial score (nSPS) is 17.4. The Morgan fingerprint density at radius 3 is 1.05 bits per heavy atom. The molecule has 9 rings (SSSR count). The van der Waals surface area contributed by atoms with Gasteiger partial charge in [0, 0.05) is 26.4 Å². The topological polar surface area (TPSA) is 179 Å². The number of hydrogen-bond donors (Lipinski definition) is 0.